The lowest BCUT2D eigenvalue weighted by Crippen LogP contribution is -2.48. The van der Waals surface area contributed by atoms with E-state index in [2.05, 4.69) is 10.3 Å². The summed E-state index contributed by atoms with van der Waals surface area (Å²) in [5.41, 5.74) is -1.23. The van der Waals surface area contributed by atoms with Crippen molar-refractivity contribution in [2.45, 2.75) is 18.6 Å². The molecule has 174 valence electrons. The van der Waals surface area contributed by atoms with Gasteiger partial charge in [-0.1, -0.05) is 12.1 Å². The molecule has 1 aromatic heterocycles. The van der Waals surface area contributed by atoms with Crippen LogP contribution in [0.25, 0.3) is 0 Å². The number of anilines is 1. The molecule has 3 amide bonds. The molecule has 0 saturated heterocycles. The number of nitrogens with one attached hydrogen (secondary N) is 1. The summed E-state index contributed by atoms with van der Waals surface area (Å²) in [6.07, 6.45) is -4.37. The van der Waals surface area contributed by atoms with E-state index in [0.29, 0.717) is 17.0 Å². The molecule has 0 spiro atoms. The van der Waals surface area contributed by atoms with Crippen molar-refractivity contribution in [1.29, 1.82) is 0 Å². The van der Waals surface area contributed by atoms with Crippen LogP contribution in [0.15, 0.2) is 60.8 Å². The second-order valence-electron chi connectivity index (χ2n) is 7.44. The maximum atomic E-state index is 13.7. The van der Waals surface area contributed by atoms with Crippen molar-refractivity contribution in [2.24, 2.45) is 0 Å². The fourth-order valence-corrected chi connectivity index (χ4v) is 3.61. The Labute approximate surface area is 189 Å². The van der Waals surface area contributed by atoms with Gasteiger partial charge in [-0.2, -0.15) is 13.2 Å². The van der Waals surface area contributed by atoms with Crippen molar-refractivity contribution < 1.29 is 36.3 Å². The number of pyridine rings is 1. The van der Waals surface area contributed by atoms with E-state index in [9.17, 15) is 36.3 Å². The molecule has 2 heterocycles. The Bertz CT molecular complexity index is 1240. The minimum Gasteiger partial charge on any atom is -0.323 e. The van der Waals surface area contributed by atoms with E-state index in [1.807, 2.05) is 0 Å². The number of halogens is 5. The zero-order valence-corrected chi connectivity index (χ0v) is 17.1. The molecule has 0 bridgehead atoms. The largest absolute Gasteiger partial charge is 0.433 e. The monoisotopic (exact) mass is 475 g/mol. The van der Waals surface area contributed by atoms with Crippen molar-refractivity contribution in [3.63, 3.8) is 0 Å². The summed E-state index contributed by atoms with van der Waals surface area (Å²) in [5.74, 6) is -4.39. The number of benzene rings is 2. The third-order valence-electron chi connectivity index (χ3n) is 5.11. The number of hydrogen-bond donors (Lipinski definition) is 1. The molecule has 1 aliphatic rings. The van der Waals surface area contributed by atoms with Crippen LogP contribution in [0.4, 0.5) is 27.6 Å². The molecule has 11 heteroatoms. The van der Waals surface area contributed by atoms with Crippen LogP contribution in [0.3, 0.4) is 0 Å². The van der Waals surface area contributed by atoms with E-state index in [1.54, 1.807) is 0 Å². The van der Waals surface area contributed by atoms with Gasteiger partial charge in [0.2, 0.25) is 5.91 Å². The van der Waals surface area contributed by atoms with Crippen LogP contribution in [0.1, 0.15) is 32.0 Å². The fraction of sp³-hybridized carbons (Fsp3) is 0.130. The topological polar surface area (TPSA) is 79.4 Å². The lowest BCUT2D eigenvalue weighted by atomic mass is 10.0. The zero-order chi connectivity index (χ0) is 24.6. The third-order valence-corrected chi connectivity index (χ3v) is 5.11. The number of fused-ring (bicyclic) bond motifs is 1. The number of nitrogens with zero attached hydrogens (tertiary/aromatic N) is 2. The molecule has 0 radical (unpaired) electrons. The summed E-state index contributed by atoms with van der Waals surface area (Å²) in [6, 6.07) is 8.39. The summed E-state index contributed by atoms with van der Waals surface area (Å²) in [7, 11) is 0. The van der Waals surface area contributed by atoms with Gasteiger partial charge in [0, 0.05) is 12.5 Å². The average molecular weight is 475 g/mol. The number of carbonyl (C=O) groups excluding carboxylic acids is 3. The summed E-state index contributed by atoms with van der Waals surface area (Å²) in [4.78, 5) is 42.9. The van der Waals surface area contributed by atoms with Crippen molar-refractivity contribution in [1.82, 2.24) is 9.88 Å². The molecule has 4 rings (SSSR count). The maximum Gasteiger partial charge on any atom is 0.433 e. The van der Waals surface area contributed by atoms with Crippen LogP contribution in [0.2, 0.25) is 0 Å². The highest BCUT2D eigenvalue weighted by Gasteiger charge is 2.43. The van der Waals surface area contributed by atoms with E-state index in [1.165, 1.54) is 24.3 Å². The van der Waals surface area contributed by atoms with Gasteiger partial charge in [0.05, 0.1) is 23.0 Å². The summed E-state index contributed by atoms with van der Waals surface area (Å²) >= 11 is 0. The second kappa shape index (κ2) is 8.65. The first kappa shape index (κ1) is 23.0. The molecule has 6 nitrogen and oxygen atoms in total. The van der Waals surface area contributed by atoms with Crippen molar-refractivity contribution >= 4 is 23.4 Å². The predicted octanol–water partition coefficient (Wildman–Crippen LogP) is 4.22. The summed E-state index contributed by atoms with van der Waals surface area (Å²) in [5, 5.41) is 2.31. The zero-order valence-electron chi connectivity index (χ0n) is 17.1. The molecule has 0 unspecified atom stereocenters. The smallest absolute Gasteiger partial charge is 0.323 e. The van der Waals surface area contributed by atoms with Gasteiger partial charge in [-0.25, -0.2) is 13.8 Å². The van der Waals surface area contributed by atoms with E-state index in [-0.39, 0.29) is 22.4 Å². The average Bonchev–Trinajstić information content (AvgIpc) is 3.01. The first-order valence-electron chi connectivity index (χ1n) is 9.80. The number of rotatable bonds is 5. The SMILES string of the molecule is O=C(Nc1ccc(C(F)(F)F)nc1)[C@H](Cc1cc(F)cc(F)c1)N1C(=O)c2ccccc2C1=O. The Morgan fingerprint density at radius 3 is 2.03 bits per heavy atom. The van der Waals surface area contributed by atoms with Gasteiger partial charge < -0.3 is 5.32 Å². The van der Waals surface area contributed by atoms with Crippen LogP contribution in [0.5, 0.6) is 0 Å². The van der Waals surface area contributed by atoms with Gasteiger partial charge in [-0.3, -0.25) is 19.3 Å². The van der Waals surface area contributed by atoms with E-state index < -0.39 is 53.7 Å². The lowest BCUT2D eigenvalue weighted by Gasteiger charge is -2.25. The summed E-state index contributed by atoms with van der Waals surface area (Å²) < 4.78 is 65.7. The first-order valence-corrected chi connectivity index (χ1v) is 9.80. The third kappa shape index (κ3) is 4.49. The number of amides is 3. The van der Waals surface area contributed by atoms with Crippen molar-refractivity contribution in [3.05, 3.63) is 94.8 Å². The Kier molecular flexibility index (Phi) is 5.86. The molecule has 0 saturated carbocycles. The van der Waals surface area contributed by atoms with Gasteiger partial charge >= 0.3 is 6.18 Å². The van der Waals surface area contributed by atoms with Crippen molar-refractivity contribution in [2.75, 3.05) is 5.32 Å². The molecule has 1 N–H and O–H groups in total. The van der Waals surface area contributed by atoms with E-state index in [4.69, 9.17) is 0 Å². The highest BCUT2D eigenvalue weighted by atomic mass is 19.4. The highest BCUT2D eigenvalue weighted by molar-refractivity contribution is 6.23. The van der Waals surface area contributed by atoms with Gasteiger partial charge in [0.25, 0.3) is 11.8 Å². The Morgan fingerprint density at radius 1 is 0.941 bits per heavy atom. The molecule has 0 aliphatic carbocycles. The molecule has 3 aromatic rings. The maximum absolute atomic E-state index is 13.7. The molecule has 34 heavy (non-hydrogen) atoms. The quantitative estimate of drug-likeness (QED) is 0.443. The van der Waals surface area contributed by atoms with Crippen LogP contribution in [-0.2, 0) is 17.4 Å². The Hall–Kier alpha value is -4.15. The first-order chi connectivity index (χ1) is 16.0. The molecule has 2 aromatic carbocycles. The minimum absolute atomic E-state index is 0.0141. The summed E-state index contributed by atoms with van der Waals surface area (Å²) in [6.45, 7) is 0. The van der Waals surface area contributed by atoms with Gasteiger partial charge in [0.1, 0.15) is 23.4 Å². The number of alkyl halides is 3. The molecular weight excluding hydrogens is 461 g/mol. The van der Waals surface area contributed by atoms with Crippen LogP contribution in [0, 0.1) is 11.6 Å². The molecule has 1 atom stereocenters. The predicted molar refractivity (Wildman–Crippen MR) is 109 cm³/mol. The fourth-order valence-electron chi connectivity index (χ4n) is 3.61. The number of imide groups is 1. The van der Waals surface area contributed by atoms with Crippen molar-refractivity contribution in [3.8, 4) is 0 Å². The lowest BCUT2D eigenvalue weighted by molar-refractivity contribution is -0.141. The number of hydrogen-bond acceptors (Lipinski definition) is 4. The minimum atomic E-state index is -4.69. The van der Waals surface area contributed by atoms with Gasteiger partial charge in [-0.15, -0.1) is 0 Å². The van der Waals surface area contributed by atoms with Crippen LogP contribution in [-0.4, -0.2) is 33.6 Å². The Balaban J connectivity index is 1.67. The standard InChI is InChI=1S/C23H14F5N3O3/c24-13-7-12(8-14(25)10-13)9-18(31-21(33)16-3-1-2-4-17(16)22(31)34)20(32)30-15-5-6-19(29-11-15)23(26,27)28/h1-8,10-11,18H,9H2,(H,30,32)/t18-/m0/s1. The normalized spacial score (nSPS) is 14.2. The Morgan fingerprint density at radius 2 is 1.53 bits per heavy atom. The number of aromatic nitrogens is 1. The van der Waals surface area contributed by atoms with Gasteiger partial charge in [-0.05, 0) is 42.0 Å². The van der Waals surface area contributed by atoms with E-state index >= 15 is 0 Å². The second-order valence-corrected chi connectivity index (χ2v) is 7.44. The van der Waals surface area contributed by atoms with Crippen LogP contribution < -0.4 is 5.32 Å². The molecule has 0 fully saturated rings. The number of carbonyl (C=O) groups is 3. The van der Waals surface area contributed by atoms with E-state index in [0.717, 1.165) is 24.4 Å². The highest BCUT2D eigenvalue weighted by Crippen LogP contribution is 2.29. The van der Waals surface area contributed by atoms with Gasteiger partial charge in [0.15, 0.2) is 0 Å². The molecule has 1 aliphatic heterocycles. The van der Waals surface area contributed by atoms with Crippen LogP contribution >= 0.6 is 0 Å². The molecular formula is C23H14F5N3O3.